The average Bonchev–Trinajstić information content (AvgIpc) is 2.17. The van der Waals surface area contributed by atoms with E-state index in [0.29, 0.717) is 5.69 Å². The Morgan fingerprint density at radius 1 is 1.60 bits per heavy atom. The van der Waals surface area contributed by atoms with Gasteiger partial charge in [0.15, 0.2) is 0 Å². The van der Waals surface area contributed by atoms with E-state index in [0.717, 1.165) is 0 Å². The normalized spacial score (nSPS) is 14.9. The molecule has 1 rings (SSSR count). The molecular weight excluding hydrogens is 218 g/mol. The number of rotatable bonds is 4. The van der Waals surface area contributed by atoms with Gasteiger partial charge in [0, 0.05) is 24.0 Å². The van der Waals surface area contributed by atoms with Crippen molar-refractivity contribution in [2.45, 2.75) is 12.2 Å². The monoisotopic (exact) mass is 231 g/mol. The Bertz CT molecular complexity index is 315. The van der Waals surface area contributed by atoms with E-state index in [4.69, 9.17) is 17.3 Å². The van der Waals surface area contributed by atoms with Crippen molar-refractivity contribution in [2.75, 3.05) is 19.3 Å². The van der Waals surface area contributed by atoms with Crippen molar-refractivity contribution in [3.63, 3.8) is 0 Å². The Kier molecular flexibility index (Phi) is 4.28. The van der Waals surface area contributed by atoms with Crippen LogP contribution in [0.1, 0.15) is 11.7 Å². The lowest BCUT2D eigenvalue weighted by molar-refractivity contribution is 0.0205. The third-order valence-corrected chi connectivity index (χ3v) is 2.35. The maximum atomic E-state index is 9.79. The lowest BCUT2D eigenvalue weighted by atomic mass is 10.0. The van der Waals surface area contributed by atoms with Crippen LogP contribution in [0.25, 0.3) is 0 Å². The Balaban J connectivity index is 2.94. The summed E-state index contributed by atoms with van der Waals surface area (Å²) in [5, 5.41) is 22.2. The molecule has 0 saturated heterocycles. The standard InChI is InChI=1S/C9H14ClN3O2/c1-12-4-6(14)8(15)7-5(11)2-3-13-9(7)10/h2-3,6,8,12,14-15H,4H2,1H3,(H2,11,13). The molecular formula is C9H14ClN3O2. The van der Waals surface area contributed by atoms with E-state index in [1.807, 2.05) is 0 Å². The highest BCUT2D eigenvalue weighted by atomic mass is 35.5. The molecule has 2 atom stereocenters. The molecule has 0 aliphatic carbocycles. The lowest BCUT2D eigenvalue weighted by Crippen LogP contribution is -2.30. The first kappa shape index (κ1) is 12.2. The summed E-state index contributed by atoms with van der Waals surface area (Å²) in [6.07, 6.45) is -0.670. The molecule has 0 bridgehead atoms. The van der Waals surface area contributed by atoms with Gasteiger partial charge in [-0.15, -0.1) is 0 Å². The summed E-state index contributed by atoms with van der Waals surface area (Å²) in [7, 11) is 1.67. The van der Waals surface area contributed by atoms with Crippen molar-refractivity contribution in [1.29, 1.82) is 0 Å². The van der Waals surface area contributed by atoms with E-state index in [1.54, 1.807) is 7.05 Å². The number of anilines is 1. The van der Waals surface area contributed by atoms with Gasteiger partial charge in [-0.2, -0.15) is 0 Å². The molecule has 1 heterocycles. The summed E-state index contributed by atoms with van der Waals surface area (Å²) in [5.41, 5.74) is 6.22. The number of nitrogens with one attached hydrogen (secondary N) is 1. The first-order valence-electron chi connectivity index (χ1n) is 4.48. The first-order valence-corrected chi connectivity index (χ1v) is 4.86. The fourth-order valence-electron chi connectivity index (χ4n) is 1.27. The highest BCUT2D eigenvalue weighted by Gasteiger charge is 2.22. The molecule has 2 unspecified atom stereocenters. The molecule has 0 aromatic carbocycles. The fraction of sp³-hybridized carbons (Fsp3) is 0.444. The smallest absolute Gasteiger partial charge is 0.136 e. The minimum absolute atomic E-state index is 0.109. The van der Waals surface area contributed by atoms with Crippen LogP contribution in [-0.4, -0.2) is 34.9 Å². The number of nitrogens with zero attached hydrogens (tertiary/aromatic N) is 1. The second-order valence-electron chi connectivity index (χ2n) is 3.17. The number of nitrogens with two attached hydrogens (primary N) is 1. The van der Waals surface area contributed by atoms with Crippen LogP contribution in [-0.2, 0) is 0 Å². The van der Waals surface area contributed by atoms with Crippen LogP contribution >= 0.6 is 11.6 Å². The number of hydrogen-bond donors (Lipinski definition) is 4. The van der Waals surface area contributed by atoms with Gasteiger partial charge < -0.3 is 21.3 Å². The van der Waals surface area contributed by atoms with E-state index in [9.17, 15) is 10.2 Å². The largest absolute Gasteiger partial charge is 0.398 e. The first-order chi connectivity index (χ1) is 7.07. The van der Waals surface area contributed by atoms with Crippen LogP contribution in [0.3, 0.4) is 0 Å². The predicted octanol–water partition coefficient (Wildman–Crippen LogP) is -0.0691. The number of nitrogen functional groups attached to an aromatic ring is 1. The lowest BCUT2D eigenvalue weighted by Gasteiger charge is -2.19. The number of pyridine rings is 1. The van der Waals surface area contributed by atoms with Gasteiger partial charge in [0.05, 0.1) is 6.10 Å². The molecule has 0 aliphatic rings. The van der Waals surface area contributed by atoms with Crippen LogP contribution in [0.15, 0.2) is 12.3 Å². The van der Waals surface area contributed by atoms with Crippen molar-refractivity contribution < 1.29 is 10.2 Å². The number of hydrogen-bond acceptors (Lipinski definition) is 5. The molecule has 0 saturated carbocycles. The SMILES string of the molecule is CNCC(O)C(O)c1c(N)ccnc1Cl. The van der Waals surface area contributed by atoms with Crippen LogP contribution in [0.4, 0.5) is 5.69 Å². The number of likely N-dealkylation sites (N-methyl/N-ethyl adjacent to an activating group) is 1. The van der Waals surface area contributed by atoms with Gasteiger partial charge in [0.25, 0.3) is 0 Å². The van der Waals surface area contributed by atoms with Crippen LogP contribution < -0.4 is 11.1 Å². The highest BCUT2D eigenvalue weighted by Crippen LogP contribution is 2.28. The average molecular weight is 232 g/mol. The van der Waals surface area contributed by atoms with E-state index >= 15 is 0 Å². The van der Waals surface area contributed by atoms with Crippen molar-refractivity contribution in [3.05, 3.63) is 23.0 Å². The van der Waals surface area contributed by atoms with Crippen molar-refractivity contribution in [1.82, 2.24) is 10.3 Å². The predicted molar refractivity (Wildman–Crippen MR) is 58.6 cm³/mol. The summed E-state index contributed by atoms with van der Waals surface area (Å²) in [6, 6.07) is 1.52. The van der Waals surface area contributed by atoms with Crippen LogP contribution in [0.2, 0.25) is 5.15 Å². The fourth-order valence-corrected chi connectivity index (χ4v) is 1.54. The minimum atomic E-state index is -1.14. The summed E-state index contributed by atoms with van der Waals surface area (Å²) in [6.45, 7) is 0.242. The highest BCUT2D eigenvalue weighted by molar-refractivity contribution is 6.30. The minimum Gasteiger partial charge on any atom is -0.398 e. The number of halogens is 1. The van der Waals surface area contributed by atoms with E-state index in [-0.39, 0.29) is 17.3 Å². The molecule has 0 fully saturated rings. The maximum Gasteiger partial charge on any atom is 0.136 e. The van der Waals surface area contributed by atoms with Crippen molar-refractivity contribution in [3.8, 4) is 0 Å². The van der Waals surface area contributed by atoms with Gasteiger partial charge in [0.2, 0.25) is 0 Å². The molecule has 5 nitrogen and oxygen atoms in total. The Morgan fingerprint density at radius 2 is 2.27 bits per heavy atom. The second-order valence-corrected chi connectivity index (χ2v) is 3.53. The second kappa shape index (κ2) is 5.27. The van der Waals surface area contributed by atoms with Gasteiger partial charge in [-0.25, -0.2) is 4.98 Å². The molecule has 0 aliphatic heterocycles. The molecule has 1 aromatic rings. The summed E-state index contributed by atoms with van der Waals surface area (Å²) < 4.78 is 0. The maximum absolute atomic E-state index is 9.79. The Labute approximate surface area is 92.9 Å². The molecule has 1 aromatic heterocycles. The van der Waals surface area contributed by atoms with Crippen LogP contribution in [0, 0.1) is 0 Å². The number of aliphatic hydroxyl groups excluding tert-OH is 2. The zero-order valence-electron chi connectivity index (χ0n) is 8.31. The molecule has 5 N–H and O–H groups in total. The van der Waals surface area contributed by atoms with E-state index in [2.05, 4.69) is 10.3 Å². The van der Waals surface area contributed by atoms with Crippen molar-refractivity contribution >= 4 is 17.3 Å². The van der Waals surface area contributed by atoms with Gasteiger partial charge in [0.1, 0.15) is 11.3 Å². The molecule has 15 heavy (non-hydrogen) atoms. The molecule has 0 amide bonds. The van der Waals surface area contributed by atoms with Gasteiger partial charge in [-0.1, -0.05) is 11.6 Å². The Morgan fingerprint density at radius 3 is 2.80 bits per heavy atom. The Hall–Kier alpha value is -0.880. The zero-order valence-corrected chi connectivity index (χ0v) is 9.07. The molecule has 6 heteroatoms. The number of aliphatic hydroxyl groups is 2. The zero-order chi connectivity index (χ0) is 11.4. The molecule has 0 radical (unpaired) electrons. The molecule has 84 valence electrons. The quantitative estimate of drug-likeness (QED) is 0.545. The van der Waals surface area contributed by atoms with Gasteiger partial charge in [-0.3, -0.25) is 0 Å². The van der Waals surface area contributed by atoms with Gasteiger partial charge in [-0.05, 0) is 13.1 Å². The third-order valence-electron chi connectivity index (χ3n) is 2.05. The van der Waals surface area contributed by atoms with Crippen molar-refractivity contribution in [2.24, 2.45) is 0 Å². The van der Waals surface area contributed by atoms with Crippen LogP contribution in [0.5, 0.6) is 0 Å². The molecule has 0 spiro atoms. The summed E-state index contributed by atoms with van der Waals surface area (Å²) >= 11 is 5.79. The topological polar surface area (TPSA) is 91.4 Å². The van der Waals surface area contributed by atoms with E-state index < -0.39 is 12.2 Å². The summed E-state index contributed by atoms with van der Waals surface area (Å²) in [4.78, 5) is 3.80. The van der Waals surface area contributed by atoms with E-state index in [1.165, 1.54) is 12.3 Å². The number of aromatic nitrogens is 1. The summed E-state index contributed by atoms with van der Waals surface area (Å²) in [5.74, 6) is 0. The van der Waals surface area contributed by atoms with Gasteiger partial charge >= 0.3 is 0 Å². The third kappa shape index (κ3) is 2.79.